The Bertz CT molecular complexity index is 718. The number of hydrogen-bond acceptors (Lipinski definition) is 4. The first kappa shape index (κ1) is 20.2. The number of nitrogens with one attached hydrogen (secondary N) is 1. The molecule has 0 radical (unpaired) electrons. The van der Waals surface area contributed by atoms with Crippen LogP contribution in [-0.4, -0.2) is 31.4 Å². The Morgan fingerprint density at radius 3 is 2.54 bits per heavy atom. The molecule has 0 saturated carbocycles. The predicted octanol–water partition coefficient (Wildman–Crippen LogP) is 4.46. The summed E-state index contributed by atoms with van der Waals surface area (Å²) in [6.45, 7) is 7.65. The number of carbonyl (C=O) groups is 1. The molecule has 0 fully saturated rings. The van der Waals surface area contributed by atoms with Gasteiger partial charge in [-0.15, -0.1) is 0 Å². The zero-order valence-corrected chi connectivity index (χ0v) is 16.5. The lowest BCUT2D eigenvalue weighted by atomic mass is 10.2. The van der Waals surface area contributed by atoms with Gasteiger partial charge in [-0.1, -0.05) is 29.8 Å². The van der Waals surface area contributed by atoms with E-state index in [-0.39, 0.29) is 5.91 Å². The third-order valence-electron chi connectivity index (χ3n) is 3.69. The van der Waals surface area contributed by atoms with Crippen molar-refractivity contribution in [2.24, 2.45) is 0 Å². The van der Waals surface area contributed by atoms with E-state index in [4.69, 9.17) is 9.47 Å². The number of ether oxygens (including phenoxy) is 2. The molecule has 2 aromatic rings. The first-order chi connectivity index (χ1) is 12.6. The van der Waals surface area contributed by atoms with E-state index in [0.717, 1.165) is 11.5 Å². The molecule has 4 nitrogen and oxygen atoms in total. The van der Waals surface area contributed by atoms with E-state index in [1.807, 2.05) is 25.6 Å². The van der Waals surface area contributed by atoms with Gasteiger partial charge in [0.25, 0.3) is 5.91 Å². The van der Waals surface area contributed by atoms with Gasteiger partial charge in [-0.25, -0.2) is 0 Å². The van der Waals surface area contributed by atoms with Crippen molar-refractivity contribution in [2.45, 2.75) is 26.5 Å². The topological polar surface area (TPSA) is 47.6 Å². The smallest absolute Gasteiger partial charge is 0.251 e. The third kappa shape index (κ3) is 6.30. The molecule has 0 bridgehead atoms. The average molecular weight is 374 g/mol. The number of rotatable bonds is 10. The molecule has 0 saturated heterocycles. The van der Waals surface area contributed by atoms with E-state index in [1.165, 1.54) is 11.1 Å². The minimum absolute atomic E-state index is 0.0924. The maximum atomic E-state index is 12.3. The molecule has 0 heterocycles. The number of hydrogen-bond donors (Lipinski definition) is 1. The van der Waals surface area contributed by atoms with Crippen LogP contribution in [0.1, 0.15) is 35.3 Å². The van der Waals surface area contributed by atoms with Crippen LogP contribution in [0.3, 0.4) is 0 Å². The number of benzene rings is 2. The molecule has 26 heavy (non-hydrogen) atoms. The maximum Gasteiger partial charge on any atom is 0.251 e. The summed E-state index contributed by atoms with van der Waals surface area (Å²) in [6.07, 6.45) is 0. The van der Waals surface area contributed by atoms with Crippen LogP contribution in [0, 0.1) is 6.92 Å². The molecule has 0 spiro atoms. The number of thioether (sulfide) groups is 1. The molecular weight excluding hydrogens is 346 g/mol. The van der Waals surface area contributed by atoms with Gasteiger partial charge in [0.2, 0.25) is 0 Å². The van der Waals surface area contributed by atoms with E-state index < -0.39 is 0 Å². The van der Waals surface area contributed by atoms with E-state index in [0.29, 0.717) is 36.8 Å². The number of amides is 1. The van der Waals surface area contributed by atoms with Crippen molar-refractivity contribution < 1.29 is 14.3 Å². The Morgan fingerprint density at radius 1 is 1.04 bits per heavy atom. The summed E-state index contributed by atoms with van der Waals surface area (Å²) in [7, 11) is 0. The minimum atomic E-state index is -0.0924. The second-order valence-electron chi connectivity index (χ2n) is 5.83. The predicted molar refractivity (Wildman–Crippen MR) is 108 cm³/mol. The Hall–Kier alpha value is -2.14. The van der Waals surface area contributed by atoms with Gasteiger partial charge >= 0.3 is 0 Å². The Kier molecular flexibility index (Phi) is 8.35. The SMILES string of the molecule is CCOc1ccc(C(=O)NCCSCc2cccc(C)c2)cc1OCC. The monoisotopic (exact) mass is 373 g/mol. The molecule has 0 unspecified atom stereocenters. The molecule has 2 aromatic carbocycles. The van der Waals surface area contributed by atoms with E-state index in [9.17, 15) is 4.79 Å². The molecule has 0 aliphatic rings. The van der Waals surface area contributed by atoms with Gasteiger partial charge < -0.3 is 14.8 Å². The summed E-state index contributed by atoms with van der Waals surface area (Å²) in [4.78, 5) is 12.3. The molecule has 0 aromatic heterocycles. The van der Waals surface area contributed by atoms with Crippen LogP contribution >= 0.6 is 11.8 Å². The van der Waals surface area contributed by atoms with Gasteiger partial charge in [0.05, 0.1) is 13.2 Å². The highest BCUT2D eigenvalue weighted by Crippen LogP contribution is 2.28. The van der Waals surface area contributed by atoms with Crippen LogP contribution in [0.4, 0.5) is 0 Å². The summed E-state index contributed by atoms with van der Waals surface area (Å²) >= 11 is 1.81. The zero-order valence-electron chi connectivity index (χ0n) is 15.7. The molecular formula is C21H27NO3S. The van der Waals surface area contributed by atoms with E-state index in [2.05, 4.69) is 36.5 Å². The van der Waals surface area contributed by atoms with Crippen LogP contribution in [0.5, 0.6) is 11.5 Å². The van der Waals surface area contributed by atoms with Crippen molar-refractivity contribution in [3.8, 4) is 11.5 Å². The van der Waals surface area contributed by atoms with Gasteiger partial charge in [0, 0.05) is 23.6 Å². The number of carbonyl (C=O) groups excluding carboxylic acids is 1. The van der Waals surface area contributed by atoms with Gasteiger partial charge in [0.1, 0.15) is 0 Å². The largest absolute Gasteiger partial charge is 0.490 e. The normalized spacial score (nSPS) is 10.4. The van der Waals surface area contributed by atoms with Crippen molar-refractivity contribution in [3.05, 3.63) is 59.2 Å². The zero-order chi connectivity index (χ0) is 18.8. The Morgan fingerprint density at radius 2 is 1.81 bits per heavy atom. The quantitative estimate of drug-likeness (QED) is 0.625. The summed E-state index contributed by atoms with van der Waals surface area (Å²) in [5.74, 6) is 3.00. The second kappa shape index (κ2) is 10.8. The van der Waals surface area contributed by atoms with Crippen LogP contribution in [0.2, 0.25) is 0 Å². The van der Waals surface area contributed by atoms with Gasteiger partial charge in [-0.05, 0) is 44.5 Å². The van der Waals surface area contributed by atoms with Crippen LogP contribution < -0.4 is 14.8 Å². The van der Waals surface area contributed by atoms with E-state index in [1.54, 1.807) is 18.2 Å². The molecule has 0 aliphatic heterocycles. The van der Waals surface area contributed by atoms with Crippen molar-refractivity contribution in [1.29, 1.82) is 0 Å². The molecule has 2 rings (SSSR count). The highest BCUT2D eigenvalue weighted by atomic mass is 32.2. The minimum Gasteiger partial charge on any atom is -0.490 e. The molecule has 1 amide bonds. The van der Waals surface area contributed by atoms with Crippen molar-refractivity contribution in [2.75, 3.05) is 25.5 Å². The highest BCUT2D eigenvalue weighted by molar-refractivity contribution is 7.98. The van der Waals surface area contributed by atoms with Crippen molar-refractivity contribution in [3.63, 3.8) is 0 Å². The van der Waals surface area contributed by atoms with Gasteiger partial charge in [-0.3, -0.25) is 4.79 Å². The lowest BCUT2D eigenvalue weighted by Crippen LogP contribution is -2.25. The fourth-order valence-corrected chi connectivity index (χ4v) is 3.33. The van der Waals surface area contributed by atoms with Crippen LogP contribution in [0.25, 0.3) is 0 Å². The van der Waals surface area contributed by atoms with Gasteiger partial charge in [0.15, 0.2) is 11.5 Å². The summed E-state index contributed by atoms with van der Waals surface area (Å²) < 4.78 is 11.1. The molecule has 5 heteroatoms. The van der Waals surface area contributed by atoms with Crippen LogP contribution in [0.15, 0.2) is 42.5 Å². The van der Waals surface area contributed by atoms with Crippen LogP contribution in [-0.2, 0) is 5.75 Å². The first-order valence-electron chi connectivity index (χ1n) is 8.95. The van der Waals surface area contributed by atoms with Crippen molar-refractivity contribution in [1.82, 2.24) is 5.32 Å². The fraction of sp³-hybridized carbons (Fsp3) is 0.381. The summed E-state index contributed by atoms with van der Waals surface area (Å²) in [5, 5.41) is 2.96. The lowest BCUT2D eigenvalue weighted by molar-refractivity contribution is 0.0955. The van der Waals surface area contributed by atoms with Gasteiger partial charge in [-0.2, -0.15) is 11.8 Å². The number of aryl methyl sites for hydroxylation is 1. The molecule has 0 atom stereocenters. The first-order valence-corrected chi connectivity index (χ1v) is 10.1. The Labute approximate surface area is 160 Å². The molecule has 140 valence electrons. The molecule has 0 aliphatic carbocycles. The second-order valence-corrected chi connectivity index (χ2v) is 6.93. The van der Waals surface area contributed by atoms with Crippen molar-refractivity contribution >= 4 is 17.7 Å². The maximum absolute atomic E-state index is 12.3. The summed E-state index contributed by atoms with van der Waals surface area (Å²) in [5.41, 5.74) is 3.17. The van der Waals surface area contributed by atoms with E-state index >= 15 is 0 Å². The standard InChI is InChI=1S/C21H27NO3S/c1-4-24-19-10-9-18(14-20(19)25-5-2)21(23)22-11-12-26-15-17-8-6-7-16(3)13-17/h6-10,13-14H,4-5,11-12,15H2,1-3H3,(H,22,23). The Balaban J connectivity index is 1.80. The average Bonchev–Trinajstić information content (AvgIpc) is 2.63. The highest BCUT2D eigenvalue weighted by Gasteiger charge is 2.11. The molecule has 1 N–H and O–H groups in total. The summed E-state index contributed by atoms with van der Waals surface area (Å²) in [6, 6.07) is 13.8. The fourth-order valence-electron chi connectivity index (χ4n) is 2.52. The lowest BCUT2D eigenvalue weighted by Gasteiger charge is -2.12. The third-order valence-corrected chi connectivity index (χ3v) is 4.72.